The van der Waals surface area contributed by atoms with Crippen LogP contribution in [0.3, 0.4) is 0 Å². The topological polar surface area (TPSA) is 69.6 Å². The first-order valence-corrected chi connectivity index (χ1v) is 7.73. The first-order chi connectivity index (χ1) is 9.47. The Kier molecular flexibility index (Phi) is 4.89. The van der Waals surface area contributed by atoms with Crippen molar-refractivity contribution in [2.45, 2.75) is 39.5 Å². The zero-order valence-corrected chi connectivity index (χ0v) is 12.5. The minimum absolute atomic E-state index is 0.0431. The highest BCUT2D eigenvalue weighted by atomic mass is 16.4. The number of carboxylic acids is 1. The van der Waals surface area contributed by atoms with Crippen molar-refractivity contribution in [3.05, 3.63) is 0 Å². The Morgan fingerprint density at radius 1 is 1.10 bits per heavy atom. The molecule has 5 heteroatoms. The number of carbonyl (C=O) groups excluding carboxylic acids is 1. The summed E-state index contributed by atoms with van der Waals surface area (Å²) < 4.78 is 0. The molecule has 1 aliphatic carbocycles. The van der Waals surface area contributed by atoms with Gasteiger partial charge in [0.15, 0.2) is 0 Å². The van der Waals surface area contributed by atoms with Crippen LogP contribution in [0.5, 0.6) is 0 Å². The van der Waals surface area contributed by atoms with Gasteiger partial charge in [0.2, 0.25) is 0 Å². The summed E-state index contributed by atoms with van der Waals surface area (Å²) in [4.78, 5) is 24.9. The van der Waals surface area contributed by atoms with Gasteiger partial charge in [0.25, 0.3) is 0 Å². The molecule has 2 atom stereocenters. The molecule has 1 heterocycles. The number of carbonyl (C=O) groups is 2. The van der Waals surface area contributed by atoms with Gasteiger partial charge in [-0.15, -0.1) is 0 Å². The highest BCUT2D eigenvalue weighted by molar-refractivity contribution is 5.74. The average Bonchev–Trinajstić information content (AvgIpc) is 2.76. The van der Waals surface area contributed by atoms with Crippen molar-refractivity contribution < 1.29 is 14.7 Å². The third-order valence-electron chi connectivity index (χ3n) is 5.01. The molecule has 0 aromatic rings. The number of carboxylic acid groups (broad SMARTS) is 1. The first-order valence-electron chi connectivity index (χ1n) is 7.73. The molecule has 0 bridgehead atoms. The van der Waals surface area contributed by atoms with Crippen molar-refractivity contribution in [2.24, 2.45) is 23.7 Å². The molecule has 1 saturated carbocycles. The largest absolute Gasteiger partial charge is 0.481 e. The van der Waals surface area contributed by atoms with Crippen molar-refractivity contribution in [3.63, 3.8) is 0 Å². The molecule has 2 fully saturated rings. The molecule has 0 aromatic carbocycles. The predicted octanol–water partition coefficient (Wildman–Crippen LogP) is 2.17. The zero-order chi connectivity index (χ0) is 14.7. The van der Waals surface area contributed by atoms with Gasteiger partial charge in [0.1, 0.15) is 0 Å². The molecule has 2 unspecified atom stereocenters. The maximum Gasteiger partial charge on any atom is 0.317 e. The van der Waals surface area contributed by atoms with Crippen LogP contribution in [-0.4, -0.2) is 41.6 Å². The SMILES string of the molecule is CC1CN(C(=O)NCC2CCC(C(=O)O)CC2)CC1C. The number of rotatable bonds is 3. The standard InChI is InChI=1S/C15H26N2O3/c1-10-8-17(9-11(10)2)15(20)16-7-12-3-5-13(6-4-12)14(18)19/h10-13H,3-9H2,1-2H3,(H,16,20)(H,18,19). The number of hydrogen-bond acceptors (Lipinski definition) is 2. The van der Waals surface area contributed by atoms with Crippen LogP contribution >= 0.6 is 0 Å². The minimum Gasteiger partial charge on any atom is -0.481 e. The van der Waals surface area contributed by atoms with E-state index in [1.165, 1.54) is 0 Å². The second-order valence-corrected chi connectivity index (χ2v) is 6.60. The fourth-order valence-corrected chi connectivity index (χ4v) is 3.25. The van der Waals surface area contributed by atoms with E-state index in [-0.39, 0.29) is 11.9 Å². The van der Waals surface area contributed by atoms with Gasteiger partial charge < -0.3 is 15.3 Å². The number of nitrogens with zero attached hydrogens (tertiary/aromatic N) is 1. The summed E-state index contributed by atoms with van der Waals surface area (Å²) in [5, 5.41) is 12.0. The summed E-state index contributed by atoms with van der Waals surface area (Å²) in [6.45, 7) is 6.75. The fourth-order valence-electron chi connectivity index (χ4n) is 3.25. The summed E-state index contributed by atoms with van der Waals surface area (Å²) in [7, 11) is 0. The molecule has 0 radical (unpaired) electrons. The number of likely N-dealkylation sites (tertiary alicyclic amines) is 1. The van der Waals surface area contributed by atoms with E-state index in [0.717, 1.165) is 38.8 Å². The Morgan fingerprint density at radius 3 is 2.15 bits per heavy atom. The summed E-state index contributed by atoms with van der Waals surface area (Å²) in [6, 6.07) is 0.0431. The highest BCUT2D eigenvalue weighted by Gasteiger charge is 2.30. The fraction of sp³-hybridized carbons (Fsp3) is 0.867. The van der Waals surface area contributed by atoms with Gasteiger partial charge in [0, 0.05) is 19.6 Å². The Balaban J connectivity index is 1.69. The zero-order valence-electron chi connectivity index (χ0n) is 12.5. The van der Waals surface area contributed by atoms with Gasteiger partial charge in [-0.3, -0.25) is 4.79 Å². The smallest absolute Gasteiger partial charge is 0.317 e. The molecule has 2 N–H and O–H groups in total. The Labute approximate surface area is 120 Å². The number of hydrogen-bond donors (Lipinski definition) is 2. The van der Waals surface area contributed by atoms with Crippen LogP contribution in [-0.2, 0) is 4.79 Å². The van der Waals surface area contributed by atoms with E-state index in [4.69, 9.17) is 5.11 Å². The van der Waals surface area contributed by atoms with Crippen LogP contribution in [0, 0.1) is 23.7 Å². The summed E-state index contributed by atoms with van der Waals surface area (Å²) in [6.07, 6.45) is 3.30. The maximum atomic E-state index is 12.1. The third-order valence-corrected chi connectivity index (χ3v) is 5.01. The van der Waals surface area contributed by atoms with Crippen LogP contribution in [0.25, 0.3) is 0 Å². The molecule has 2 amide bonds. The quantitative estimate of drug-likeness (QED) is 0.833. The van der Waals surface area contributed by atoms with E-state index in [9.17, 15) is 9.59 Å². The first kappa shape index (κ1) is 15.1. The lowest BCUT2D eigenvalue weighted by Crippen LogP contribution is -2.41. The predicted molar refractivity (Wildman–Crippen MR) is 76.4 cm³/mol. The van der Waals surface area contributed by atoms with Gasteiger partial charge >= 0.3 is 12.0 Å². The highest BCUT2D eigenvalue weighted by Crippen LogP contribution is 2.28. The minimum atomic E-state index is -0.674. The van der Waals surface area contributed by atoms with Crippen LogP contribution in [0.15, 0.2) is 0 Å². The molecule has 0 spiro atoms. The summed E-state index contributed by atoms with van der Waals surface area (Å²) >= 11 is 0. The lowest BCUT2D eigenvalue weighted by atomic mass is 9.82. The van der Waals surface area contributed by atoms with E-state index in [1.54, 1.807) is 0 Å². The summed E-state index contributed by atoms with van der Waals surface area (Å²) in [5.74, 6) is 0.736. The molecule has 2 rings (SSSR count). The molecule has 1 aliphatic heterocycles. The second kappa shape index (κ2) is 6.46. The van der Waals surface area contributed by atoms with Gasteiger partial charge in [-0.05, 0) is 43.4 Å². The average molecular weight is 282 g/mol. The van der Waals surface area contributed by atoms with E-state index in [2.05, 4.69) is 19.2 Å². The van der Waals surface area contributed by atoms with Crippen molar-refractivity contribution in [1.82, 2.24) is 10.2 Å². The molecule has 5 nitrogen and oxygen atoms in total. The van der Waals surface area contributed by atoms with E-state index < -0.39 is 5.97 Å². The molecule has 20 heavy (non-hydrogen) atoms. The van der Waals surface area contributed by atoms with Crippen LogP contribution < -0.4 is 5.32 Å². The van der Waals surface area contributed by atoms with E-state index in [1.807, 2.05) is 4.90 Å². The monoisotopic (exact) mass is 282 g/mol. The molecule has 2 aliphatic rings. The Bertz CT molecular complexity index is 354. The number of aliphatic carboxylic acids is 1. The molecular weight excluding hydrogens is 256 g/mol. The van der Waals surface area contributed by atoms with Crippen LogP contribution in [0.1, 0.15) is 39.5 Å². The van der Waals surface area contributed by atoms with E-state index in [0.29, 0.717) is 24.3 Å². The molecular formula is C15H26N2O3. The Morgan fingerprint density at radius 2 is 1.65 bits per heavy atom. The Hall–Kier alpha value is -1.26. The van der Waals surface area contributed by atoms with Crippen molar-refractivity contribution in [1.29, 1.82) is 0 Å². The van der Waals surface area contributed by atoms with Crippen molar-refractivity contribution >= 4 is 12.0 Å². The van der Waals surface area contributed by atoms with Gasteiger partial charge in [-0.2, -0.15) is 0 Å². The van der Waals surface area contributed by atoms with Crippen molar-refractivity contribution in [2.75, 3.05) is 19.6 Å². The lowest BCUT2D eigenvalue weighted by Gasteiger charge is -2.27. The normalized spacial score (nSPS) is 34.0. The van der Waals surface area contributed by atoms with Gasteiger partial charge in [-0.25, -0.2) is 4.79 Å². The number of amides is 2. The molecule has 0 aromatic heterocycles. The number of urea groups is 1. The number of nitrogens with one attached hydrogen (secondary N) is 1. The van der Waals surface area contributed by atoms with Crippen LogP contribution in [0.4, 0.5) is 4.79 Å². The lowest BCUT2D eigenvalue weighted by molar-refractivity contribution is -0.143. The van der Waals surface area contributed by atoms with Crippen molar-refractivity contribution in [3.8, 4) is 0 Å². The molecule has 114 valence electrons. The van der Waals surface area contributed by atoms with Gasteiger partial charge in [-0.1, -0.05) is 13.8 Å². The van der Waals surface area contributed by atoms with Crippen LogP contribution in [0.2, 0.25) is 0 Å². The third kappa shape index (κ3) is 3.64. The maximum absolute atomic E-state index is 12.1. The summed E-state index contributed by atoms with van der Waals surface area (Å²) in [5.41, 5.74) is 0. The van der Waals surface area contributed by atoms with Gasteiger partial charge in [0.05, 0.1) is 5.92 Å². The second-order valence-electron chi connectivity index (χ2n) is 6.60. The molecule has 1 saturated heterocycles. The van der Waals surface area contributed by atoms with E-state index >= 15 is 0 Å².